The highest BCUT2D eigenvalue weighted by atomic mass is 16.5. The number of aliphatic imine (C=N–C) groups is 1. The molecule has 1 aromatic carbocycles. The van der Waals surface area contributed by atoms with Crippen LogP contribution in [-0.4, -0.2) is 25.9 Å². The van der Waals surface area contributed by atoms with E-state index in [1.165, 1.54) is 0 Å². The van der Waals surface area contributed by atoms with Crippen molar-refractivity contribution < 1.29 is 4.74 Å². The maximum Gasteiger partial charge on any atom is 0.142 e. The molecule has 1 aliphatic rings. The third-order valence-corrected chi connectivity index (χ3v) is 2.78. The van der Waals surface area contributed by atoms with Crippen LogP contribution in [0.25, 0.3) is 0 Å². The number of rotatable bonds is 4. The number of fused-ring (bicyclic) bond motifs is 1. The van der Waals surface area contributed by atoms with Crippen molar-refractivity contribution in [2.45, 2.75) is 6.92 Å². The van der Waals surface area contributed by atoms with Crippen LogP contribution >= 0.6 is 0 Å². The molecule has 0 unspecified atom stereocenters. The lowest BCUT2D eigenvalue weighted by Gasteiger charge is -2.31. The normalized spacial score (nSPS) is 15.4. The van der Waals surface area contributed by atoms with Crippen molar-refractivity contribution in [3.63, 3.8) is 0 Å². The molecule has 3 nitrogen and oxygen atoms in total. The van der Waals surface area contributed by atoms with E-state index in [4.69, 9.17) is 4.74 Å². The first-order valence-electron chi connectivity index (χ1n) is 6.12. The van der Waals surface area contributed by atoms with Crippen molar-refractivity contribution in [3.8, 4) is 5.75 Å². The summed E-state index contributed by atoms with van der Waals surface area (Å²) in [6.45, 7) is 8.02. The van der Waals surface area contributed by atoms with Crippen molar-refractivity contribution in [2.24, 2.45) is 4.99 Å². The summed E-state index contributed by atoms with van der Waals surface area (Å²) in [6.07, 6.45) is 5.52. The average Bonchev–Trinajstić information content (AvgIpc) is 2.40. The van der Waals surface area contributed by atoms with Gasteiger partial charge in [0.1, 0.15) is 12.4 Å². The molecule has 3 heteroatoms. The van der Waals surface area contributed by atoms with Crippen LogP contribution in [0, 0.1) is 0 Å². The molecular weight excluding hydrogens is 224 g/mol. The molecule has 0 N–H and O–H groups in total. The predicted octanol–water partition coefficient (Wildman–Crippen LogP) is 3.05. The third kappa shape index (κ3) is 2.80. The second-order valence-corrected chi connectivity index (χ2v) is 4.02. The molecule has 0 radical (unpaired) electrons. The van der Waals surface area contributed by atoms with Crippen LogP contribution in [0.3, 0.4) is 0 Å². The maximum absolute atomic E-state index is 5.64. The Morgan fingerprint density at radius 2 is 2.33 bits per heavy atom. The highest BCUT2D eigenvalue weighted by Gasteiger charge is 2.17. The van der Waals surface area contributed by atoms with Gasteiger partial charge in [0, 0.05) is 6.21 Å². The van der Waals surface area contributed by atoms with Gasteiger partial charge in [-0.1, -0.05) is 24.8 Å². The zero-order chi connectivity index (χ0) is 12.8. The van der Waals surface area contributed by atoms with E-state index in [0.29, 0.717) is 6.61 Å². The third-order valence-electron chi connectivity index (χ3n) is 2.78. The highest BCUT2D eigenvalue weighted by Crippen LogP contribution is 2.31. The SMILES string of the molecule is C=C/C=C(CN1CCOc2ccccc21)\N=C/C. The second-order valence-electron chi connectivity index (χ2n) is 4.02. The average molecular weight is 242 g/mol. The van der Waals surface area contributed by atoms with E-state index >= 15 is 0 Å². The summed E-state index contributed by atoms with van der Waals surface area (Å²) in [5.41, 5.74) is 2.13. The number of para-hydroxylation sites is 2. The Hall–Kier alpha value is -2.03. The van der Waals surface area contributed by atoms with Gasteiger partial charge in [-0.25, -0.2) is 0 Å². The summed E-state index contributed by atoms with van der Waals surface area (Å²) < 4.78 is 5.64. The molecule has 0 fully saturated rings. The molecular formula is C15H18N2O. The van der Waals surface area contributed by atoms with Crippen LogP contribution in [0.4, 0.5) is 5.69 Å². The Kier molecular flexibility index (Phi) is 4.18. The highest BCUT2D eigenvalue weighted by molar-refractivity contribution is 5.61. The van der Waals surface area contributed by atoms with E-state index in [1.807, 2.05) is 37.4 Å². The number of hydrogen-bond acceptors (Lipinski definition) is 3. The van der Waals surface area contributed by atoms with Gasteiger partial charge in [0.2, 0.25) is 0 Å². The quantitative estimate of drug-likeness (QED) is 0.599. The van der Waals surface area contributed by atoms with Crippen LogP contribution in [0.2, 0.25) is 0 Å². The maximum atomic E-state index is 5.64. The molecule has 0 atom stereocenters. The molecule has 1 aromatic rings. The van der Waals surface area contributed by atoms with Crippen molar-refractivity contribution >= 4 is 11.9 Å². The zero-order valence-electron chi connectivity index (χ0n) is 10.7. The van der Waals surface area contributed by atoms with Gasteiger partial charge in [-0.2, -0.15) is 0 Å². The van der Waals surface area contributed by atoms with Gasteiger partial charge in [0.05, 0.1) is 24.5 Å². The minimum absolute atomic E-state index is 0.716. The molecule has 0 bridgehead atoms. The van der Waals surface area contributed by atoms with E-state index in [2.05, 4.69) is 22.5 Å². The van der Waals surface area contributed by atoms with Crippen LogP contribution in [0.1, 0.15) is 6.92 Å². The molecule has 1 heterocycles. The topological polar surface area (TPSA) is 24.8 Å². The molecule has 0 aliphatic carbocycles. The Bertz CT molecular complexity index is 477. The smallest absolute Gasteiger partial charge is 0.142 e. The lowest BCUT2D eigenvalue weighted by molar-refractivity contribution is 0.309. The number of benzene rings is 1. The largest absolute Gasteiger partial charge is 0.490 e. The zero-order valence-corrected chi connectivity index (χ0v) is 10.7. The monoisotopic (exact) mass is 242 g/mol. The van der Waals surface area contributed by atoms with Crippen LogP contribution in [0.15, 0.2) is 53.7 Å². The van der Waals surface area contributed by atoms with Gasteiger partial charge in [-0.05, 0) is 25.1 Å². The van der Waals surface area contributed by atoms with Crippen molar-refractivity contribution in [3.05, 3.63) is 48.7 Å². The van der Waals surface area contributed by atoms with E-state index in [-0.39, 0.29) is 0 Å². The Morgan fingerprint density at radius 3 is 3.11 bits per heavy atom. The first kappa shape index (κ1) is 12.4. The number of allylic oxidation sites excluding steroid dienone is 2. The van der Waals surface area contributed by atoms with E-state index in [9.17, 15) is 0 Å². The molecule has 0 saturated carbocycles. The summed E-state index contributed by atoms with van der Waals surface area (Å²) in [5, 5.41) is 0. The molecule has 18 heavy (non-hydrogen) atoms. The fourth-order valence-electron chi connectivity index (χ4n) is 2.02. The fraction of sp³-hybridized carbons (Fsp3) is 0.267. The summed E-state index contributed by atoms with van der Waals surface area (Å²) in [7, 11) is 0. The second kappa shape index (κ2) is 6.05. The molecule has 0 amide bonds. The van der Waals surface area contributed by atoms with Gasteiger partial charge >= 0.3 is 0 Å². The summed E-state index contributed by atoms with van der Waals surface area (Å²) in [6, 6.07) is 8.10. The number of anilines is 1. The first-order chi connectivity index (χ1) is 8.85. The minimum atomic E-state index is 0.716. The lowest BCUT2D eigenvalue weighted by Crippen LogP contribution is -2.34. The number of ether oxygens (including phenoxy) is 1. The Labute approximate surface area is 108 Å². The van der Waals surface area contributed by atoms with Crippen LogP contribution in [0.5, 0.6) is 5.75 Å². The van der Waals surface area contributed by atoms with E-state index in [0.717, 1.165) is 30.2 Å². The number of nitrogens with zero attached hydrogens (tertiary/aromatic N) is 2. The van der Waals surface area contributed by atoms with Gasteiger partial charge in [-0.15, -0.1) is 0 Å². The van der Waals surface area contributed by atoms with Crippen molar-refractivity contribution in [1.82, 2.24) is 0 Å². The van der Waals surface area contributed by atoms with Gasteiger partial charge in [0.15, 0.2) is 0 Å². The summed E-state index contributed by atoms with van der Waals surface area (Å²) >= 11 is 0. The van der Waals surface area contributed by atoms with Crippen LogP contribution in [-0.2, 0) is 0 Å². The van der Waals surface area contributed by atoms with Crippen molar-refractivity contribution in [1.29, 1.82) is 0 Å². The molecule has 2 rings (SSSR count). The van der Waals surface area contributed by atoms with Gasteiger partial charge in [-0.3, -0.25) is 4.99 Å². The fourth-order valence-corrected chi connectivity index (χ4v) is 2.02. The minimum Gasteiger partial charge on any atom is -0.490 e. The molecule has 94 valence electrons. The van der Waals surface area contributed by atoms with Crippen LogP contribution < -0.4 is 9.64 Å². The Morgan fingerprint density at radius 1 is 1.50 bits per heavy atom. The molecule has 0 spiro atoms. The van der Waals surface area contributed by atoms with Gasteiger partial charge < -0.3 is 9.64 Å². The van der Waals surface area contributed by atoms with E-state index in [1.54, 1.807) is 6.08 Å². The van der Waals surface area contributed by atoms with Crippen molar-refractivity contribution in [2.75, 3.05) is 24.6 Å². The summed E-state index contributed by atoms with van der Waals surface area (Å²) in [4.78, 5) is 6.64. The van der Waals surface area contributed by atoms with E-state index < -0.39 is 0 Å². The van der Waals surface area contributed by atoms with Gasteiger partial charge in [0.25, 0.3) is 0 Å². The lowest BCUT2D eigenvalue weighted by atomic mass is 10.2. The number of hydrogen-bond donors (Lipinski definition) is 0. The molecule has 0 saturated heterocycles. The molecule has 1 aliphatic heterocycles. The molecule has 0 aromatic heterocycles. The standard InChI is InChI=1S/C15H18N2O/c1-3-7-13(16-4-2)12-17-10-11-18-15-9-6-5-8-14(15)17/h3-9H,1,10-12H2,2H3/b13-7-,16-4-. The first-order valence-corrected chi connectivity index (χ1v) is 6.12. The summed E-state index contributed by atoms with van der Waals surface area (Å²) in [5.74, 6) is 0.946. The Balaban J connectivity index is 2.20. The predicted molar refractivity (Wildman–Crippen MR) is 76.6 cm³/mol.